The molecule has 1 N–H and O–H groups in total. The first-order valence-corrected chi connectivity index (χ1v) is 9.95. The van der Waals surface area contributed by atoms with Crippen molar-refractivity contribution in [2.75, 3.05) is 39.3 Å². The monoisotopic (exact) mass is 348 g/mol. The molecule has 7 heteroatoms. The Kier molecular flexibility index (Phi) is 4.60. The number of nitrogens with one attached hydrogen (secondary N) is 1. The van der Waals surface area contributed by atoms with E-state index in [4.69, 9.17) is 10.1 Å². The van der Waals surface area contributed by atoms with Crippen molar-refractivity contribution in [1.29, 1.82) is 0 Å². The minimum absolute atomic E-state index is 0.445. The van der Waals surface area contributed by atoms with E-state index in [0.717, 1.165) is 35.6 Å². The van der Waals surface area contributed by atoms with Crippen LogP contribution >= 0.6 is 11.3 Å². The van der Waals surface area contributed by atoms with Crippen molar-refractivity contribution in [1.82, 2.24) is 29.7 Å². The molecule has 0 bridgehead atoms. The maximum Gasteiger partial charge on any atom is 0.212 e. The molecule has 2 fully saturated rings. The number of aryl methyl sites for hydroxylation is 1. The van der Waals surface area contributed by atoms with Gasteiger partial charge in [-0.2, -0.15) is 5.10 Å². The van der Waals surface area contributed by atoms with E-state index in [9.17, 15) is 0 Å². The third-order valence-corrected chi connectivity index (χ3v) is 6.09. The van der Waals surface area contributed by atoms with E-state index in [0.29, 0.717) is 5.92 Å². The van der Waals surface area contributed by atoms with Gasteiger partial charge in [-0.05, 0) is 19.3 Å². The second-order valence-corrected chi connectivity index (χ2v) is 8.54. The Morgan fingerprint density at radius 2 is 2.04 bits per heavy atom. The molecular formula is C17H28N6S. The van der Waals surface area contributed by atoms with Crippen molar-refractivity contribution in [2.24, 2.45) is 0 Å². The fourth-order valence-corrected chi connectivity index (χ4v) is 4.79. The maximum absolute atomic E-state index is 4.86. The van der Waals surface area contributed by atoms with Crippen LogP contribution in [0.2, 0.25) is 0 Å². The molecule has 2 saturated heterocycles. The highest BCUT2D eigenvalue weighted by Crippen LogP contribution is 2.26. The van der Waals surface area contributed by atoms with Gasteiger partial charge in [0.25, 0.3) is 0 Å². The van der Waals surface area contributed by atoms with Crippen LogP contribution in [0, 0.1) is 6.92 Å². The first-order chi connectivity index (χ1) is 11.6. The van der Waals surface area contributed by atoms with Crippen molar-refractivity contribution in [3.05, 3.63) is 16.4 Å². The first kappa shape index (κ1) is 16.4. The van der Waals surface area contributed by atoms with Crippen LogP contribution in [0.5, 0.6) is 0 Å². The molecule has 24 heavy (non-hydrogen) atoms. The van der Waals surface area contributed by atoms with Crippen molar-refractivity contribution in [2.45, 2.75) is 45.7 Å². The predicted molar refractivity (Wildman–Crippen MR) is 97.8 cm³/mol. The minimum Gasteiger partial charge on any atom is -0.314 e. The Morgan fingerprint density at radius 3 is 2.79 bits per heavy atom. The highest BCUT2D eigenvalue weighted by Gasteiger charge is 2.30. The number of hydrogen-bond donors (Lipinski definition) is 1. The molecule has 0 saturated carbocycles. The fraction of sp³-hybridized carbons (Fsp3) is 0.765. The van der Waals surface area contributed by atoms with Gasteiger partial charge in [0, 0.05) is 51.9 Å². The van der Waals surface area contributed by atoms with E-state index in [2.05, 4.69) is 40.4 Å². The third kappa shape index (κ3) is 3.10. The summed E-state index contributed by atoms with van der Waals surface area (Å²) < 4.78 is 2.09. The molecule has 6 nitrogen and oxygen atoms in total. The van der Waals surface area contributed by atoms with Crippen LogP contribution in [0.15, 0.2) is 0 Å². The summed E-state index contributed by atoms with van der Waals surface area (Å²) in [7, 11) is 0. The number of nitrogens with zero attached hydrogens (tertiary/aromatic N) is 5. The predicted octanol–water partition coefficient (Wildman–Crippen LogP) is 1.70. The summed E-state index contributed by atoms with van der Waals surface area (Å²) in [5.41, 5.74) is 2.52. The van der Waals surface area contributed by atoms with Crippen LogP contribution in [-0.2, 0) is 6.54 Å². The lowest BCUT2D eigenvalue weighted by molar-refractivity contribution is 0.170. The molecule has 2 aromatic heterocycles. The Balaban J connectivity index is 1.50. The SMILES string of the molecule is Cc1nn2c(CN3CCC(N4CCNCC4)C3)c(C(C)C)nc2s1. The number of imidazole rings is 1. The molecule has 132 valence electrons. The van der Waals surface area contributed by atoms with Gasteiger partial charge in [0.05, 0.1) is 11.4 Å². The molecule has 4 heterocycles. The molecule has 1 unspecified atom stereocenters. The minimum atomic E-state index is 0.445. The standard InChI is InChI=1S/C17H28N6S/c1-12(2)16-15(23-17(19-16)24-13(3)20-23)11-21-7-4-14(10-21)22-8-5-18-6-9-22/h12,14,18H,4-11H2,1-3H3. The molecule has 2 aliphatic rings. The van der Waals surface area contributed by atoms with Gasteiger partial charge in [-0.15, -0.1) is 0 Å². The number of rotatable bonds is 4. The summed E-state index contributed by atoms with van der Waals surface area (Å²) in [6, 6.07) is 0.718. The Hall–Kier alpha value is -1.02. The van der Waals surface area contributed by atoms with Gasteiger partial charge in [0.2, 0.25) is 4.96 Å². The highest BCUT2D eigenvalue weighted by atomic mass is 32.1. The average molecular weight is 349 g/mol. The quantitative estimate of drug-likeness (QED) is 0.911. The van der Waals surface area contributed by atoms with E-state index in [-0.39, 0.29) is 0 Å². The van der Waals surface area contributed by atoms with Gasteiger partial charge in [-0.1, -0.05) is 25.2 Å². The topological polar surface area (TPSA) is 48.7 Å². The molecular weight excluding hydrogens is 320 g/mol. The molecule has 0 amide bonds. The van der Waals surface area contributed by atoms with Gasteiger partial charge >= 0.3 is 0 Å². The van der Waals surface area contributed by atoms with Crippen molar-refractivity contribution < 1.29 is 0 Å². The number of aromatic nitrogens is 3. The smallest absolute Gasteiger partial charge is 0.212 e. The second kappa shape index (κ2) is 6.71. The summed E-state index contributed by atoms with van der Waals surface area (Å²) >= 11 is 1.69. The summed E-state index contributed by atoms with van der Waals surface area (Å²) in [4.78, 5) is 11.2. The van der Waals surface area contributed by atoms with Crippen LogP contribution in [0.3, 0.4) is 0 Å². The number of hydrogen-bond acceptors (Lipinski definition) is 6. The Bertz CT molecular complexity index is 699. The summed E-state index contributed by atoms with van der Waals surface area (Å²) in [6.45, 7) is 14.5. The Labute approximate surface area is 147 Å². The van der Waals surface area contributed by atoms with Crippen molar-refractivity contribution in [3.63, 3.8) is 0 Å². The zero-order valence-corrected chi connectivity index (χ0v) is 15.8. The molecule has 0 aliphatic carbocycles. The molecule has 1 atom stereocenters. The zero-order chi connectivity index (χ0) is 16.7. The van der Waals surface area contributed by atoms with E-state index >= 15 is 0 Å². The van der Waals surface area contributed by atoms with Crippen molar-refractivity contribution >= 4 is 16.3 Å². The van der Waals surface area contributed by atoms with Crippen LogP contribution in [-0.4, -0.2) is 69.7 Å². The molecule has 2 aromatic rings. The summed E-state index contributed by atoms with van der Waals surface area (Å²) in [6.07, 6.45) is 1.29. The number of fused-ring (bicyclic) bond motifs is 1. The van der Waals surface area contributed by atoms with Gasteiger partial charge in [0.1, 0.15) is 5.01 Å². The van der Waals surface area contributed by atoms with Crippen LogP contribution in [0.1, 0.15) is 42.6 Å². The summed E-state index contributed by atoms with van der Waals surface area (Å²) in [5.74, 6) is 0.445. The van der Waals surface area contributed by atoms with E-state index < -0.39 is 0 Å². The largest absolute Gasteiger partial charge is 0.314 e. The lowest BCUT2D eigenvalue weighted by Gasteiger charge is -2.32. The third-order valence-electron chi connectivity index (χ3n) is 5.26. The lowest BCUT2D eigenvalue weighted by atomic mass is 10.1. The lowest BCUT2D eigenvalue weighted by Crippen LogP contribution is -2.49. The number of likely N-dealkylation sites (tertiary alicyclic amines) is 1. The highest BCUT2D eigenvalue weighted by molar-refractivity contribution is 7.16. The van der Waals surface area contributed by atoms with Crippen LogP contribution in [0.25, 0.3) is 4.96 Å². The van der Waals surface area contributed by atoms with E-state index in [1.807, 2.05) is 0 Å². The van der Waals surface area contributed by atoms with Gasteiger partial charge in [0.15, 0.2) is 0 Å². The zero-order valence-electron chi connectivity index (χ0n) is 15.0. The number of piperazine rings is 1. The van der Waals surface area contributed by atoms with Crippen molar-refractivity contribution in [3.8, 4) is 0 Å². The first-order valence-electron chi connectivity index (χ1n) is 9.14. The second-order valence-electron chi connectivity index (χ2n) is 7.38. The van der Waals surface area contributed by atoms with Crippen LogP contribution in [0.4, 0.5) is 0 Å². The Morgan fingerprint density at radius 1 is 1.25 bits per heavy atom. The van der Waals surface area contributed by atoms with Gasteiger partial charge in [-0.3, -0.25) is 9.80 Å². The molecule has 4 rings (SSSR count). The maximum atomic E-state index is 4.86. The molecule has 0 radical (unpaired) electrons. The van der Waals surface area contributed by atoms with Gasteiger partial charge in [-0.25, -0.2) is 9.50 Å². The molecule has 0 spiro atoms. The normalized spacial score (nSPS) is 23.8. The van der Waals surface area contributed by atoms with E-state index in [1.165, 1.54) is 44.0 Å². The summed E-state index contributed by atoms with van der Waals surface area (Å²) in [5, 5.41) is 9.24. The fourth-order valence-electron chi connectivity index (χ4n) is 4.02. The molecule has 2 aliphatic heterocycles. The van der Waals surface area contributed by atoms with Crippen LogP contribution < -0.4 is 5.32 Å². The molecule has 0 aromatic carbocycles. The van der Waals surface area contributed by atoms with E-state index in [1.54, 1.807) is 11.3 Å². The average Bonchev–Trinajstić information content (AvgIpc) is 3.24. The van der Waals surface area contributed by atoms with Gasteiger partial charge < -0.3 is 5.32 Å².